The van der Waals surface area contributed by atoms with E-state index in [4.69, 9.17) is 11.6 Å². The molecule has 5 rings (SSSR count). The fourth-order valence-electron chi connectivity index (χ4n) is 4.69. The summed E-state index contributed by atoms with van der Waals surface area (Å²) in [5.74, 6) is 1.02. The summed E-state index contributed by atoms with van der Waals surface area (Å²) >= 11 is 6.06. The van der Waals surface area contributed by atoms with Crippen LogP contribution < -0.4 is 10.2 Å². The molecule has 2 aromatic heterocycles. The number of amides is 1. The van der Waals surface area contributed by atoms with E-state index in [1.54, 1.807) is 10.8 Å². The highest BCUT2D eigenvalue weighted by Crippen LogP contribution is 2.42. The summed E-state index contributed by atoms with van der Waals surface area (Å²) < 4.78 is 1.68. The lowest BCUT2D eigenvalue weighted by Crippen LogP contribution is -2.47. The summed E-state index contributed by atoms with van der Waals surface area (Å²) in [5.41, 5.74) is 1.37. The zero-order valence-corrected chi connectivity index (χ0v) is 16.8. The predicted molar refractivity (Wildman–Crippen MR) is 111 cm³/mol. The molecule has 0 bridgehead atoms. The van der Waals surface area contributed by atoms with Crippen molar-refractivity contribution in [2.75, 3.05) is 18.0 Å². The van der Waals surface area contributed by atoms with Crippen molar-refractivity contribution in [3.8, 4) is 0 Å². The highest BCUT2D eigenvalue weighted by molar-refractivity contribution is 6.30. The van der Waals surface area contributed by atoms with E-state index >= 15 is 0 Å². The molecular formula is C21H23ClN6O. The van der Waals surface area contributed by atoms with E-state index in [-0.39, 0.29) is 11.9 Å². The van der Waals surface area contributed by atoms with Crippen molar-refractivity contribution in [2.24, 2.45) is 0 Å². The van der Waals surface area contributed by atoms with E-state index in [9.17, 15) is 4.79 Å². The first kappa shape index (κ1) is 18.4. The lowest BCUT2D eigenvalue weighted by atomic mass is 9.78. The van der Waals surface area contributed by atoms with Crippen LogP contribution >= 0.6 is 11.6 Å². The van der Waals surface area contributed by atoms with Crippen LogP contribution in [0.5, 0.6) is 0 Å². The average Bonchev–Trinajstić information content (AvgIpc) is 3.48. The number of anilines is 1. The molecule has 1 amide bonds. The molecule has 150 valence electrons. The maximum Gasteiger partial charge on any atom is 0.230 e. The SMILES string of the molecule is O=C(N[C@H]1CCN(c2ccc3nncn3n2)C1)C1(c2ccc(Cl)cc2)CCCC1. The van der Waals surface area contributed by atoms with Crippen molar-refractivity contribution >= 4 is 29.0 Å². The molecule has 0 radical (unpaired) electrons. The van der Waals surface area contributed by atoms with Crippen LogP contribution in [0.2, 0.25) is 5.02 Å². The molecule has 1 N–H and O–H groups in total. The summed E-state index contributed by atoms with van der Waals surface area (Å²) in [6, 6.07) is 11.8. The molecule has 29 heavy (non-hydrogen) atoms. The molecule has 8 heteroatoms. The summed E-state index contributed by atoms with van der Waals surface area (Å²) in [6.07, 6.45) is 6.45. The zero-order chi connectivity index (χ0) is 19.8. The Morgan fingerprint density at radius 1 is 1.14 bits per heavy atom. The molecule has 3 aromatic rings. The molecule has 1 aromatic carbocycles. The molecule has 1 aliphatic heterocycles. The lowest BCUT2D eigenvalue weighted by Gasteiger charge is -2.30. The Labute approximate surface area is 174 Å². The van der Waals surface area contributed by atoms with Crippen LogP contribution in [0.3, 0.4) is 0 Å². The van der Waals surface area contributed by atoms with Crippen molar-refractivity contribution in [2.45, 2.75) is 43.6 Å². The van der Waals surface area contributed by atoms with E-state index in [0.717, 1.165) is 62.2 Å². The van der Waals surface area contributed by atoms with Gasteiger partial charge in [-0.25, -0.2) is 0 Å². The number of carbonyl (C=O) groups excluding carboxylic acids is 1. The number of carbonyl (C=O) groups is 1. The first-order chi connectivity index (χ1) is 14.1. The number of benzene rings is 1. The van der Waals surface area contributed by atoms with E-state index < -0.39 is 5.41 Å². The Morgan fingerprint density at radius 3 is 2.72 bits per heavy atom. The van der Waals surface area contributed by atoms with Crippen LogP contribution in [0.4, 0.5) is 5.82 Å². The smallest absolute Gasteiger partial charge is 0.230 e. The van der Waals surface area contributed by atoms with E-state index in [1.165, 1.54) is 0 Å². The van der Waals surface area contributed by atoms with Crippen LogP contribution in [0.1, 0.15) is 37.7 Å². The second kappa shape index (κ2) is 7.30. The first-order valence-corrected chi connectivity index (χ1v) is 10.5. The summed E-state index contributed by atoms with van der Waals surface area (Å²) in [6.45, 7) is 1.61. The molecular weight excluding hydrogens is 388 g/mol. The topological polar surface area (TPSA) is 75.4 Å². The molecule has 1 saturated heterocycles. The van der Waals surface area contributed by atoms with Crippen molar-refractivity contribution < 1.29 is 4.79 Å². The second-order valence-corrected chi connectivity index (χ2v) is 8.46. The molecule has 0 spiro atoms. The summed E-state index contributed by atoms with van der Waals surface area (Å²) in [4.78, 5) is 15.6. The van der Waals surface area contributed by atoms with Gasteiger partial charge in [0.05, 0.1) is 5.41 Å². The van der Waals surface area contributed by atoms with Crippen LogP contribution in [0.15, 0.2) is 42.7 Å². The third-order valence-electron chi connectivity index (χ3n) is 6.28. The lowest BCUT2D eigenvalue weighted by molar-refractivity contribution is -0.127. The van der Waals surface area contributed by atoms with Gasteiger partial charge < -0.3 is 10.2 Å². The zero-order valence-electron chi connectivity index (χ0n) is 16.1. The molecule has 3 heterocycles. The van der Waals surface area contributed by atoms with Gasteiger partial charge in [-0.15, -0.1) is 15.3 Å². The fourth-order valence-corrected chi connectivity index (χ4v) is 4.82. The number of fused-ring (bicyclic) bond motifs is 1. The predicted octanol–water partition coefficient (Wildman–Crippen LogP) is 2.98. The van der Waals surface area contributed by atoms with Gasteiger partial charge in [0, 0.05) is 24.2 Å². The normalized spacial score (nSPS) is 21.0. The minimum atomic E-state index is -0.433. The third kappa shape index (κ3) is 3.33. The number of hydrogen-bond donors (Lipinski definition) is 1. The van der Waals surface area contributed by atoms with Crippen molar-refractivity contribution in [3.05, 3.63) is 53.3 Å². The Kier molecular flexibility index (Phi) is 4.62. The minimum absolute atomic E-state index is 0.116. The van der Waals surface area contributed by atoms with Gasteiger partial charge in [0.1, 0.15) is 12.1 Å². The van der Waals surface area contributed by atoms with Crippen LogP contribution in [0, 0.1) is 0 Å². The van der Waals surface area contributed by atoms with Crippen LogP contribution in [-0.4, -0.2) is 44.8 Å². The van der Waals surface area contributed by atoms with Crippen LogP contribution in [0.25, 0.3) is 5.65 Å². The van der Waals surface area contributed by atoms with E-state index in [2.05, 4.69) is 25.5 Å². The number of nitrogens with zero attached hydrogens (tertiary/aromatic N) is 5. The Balaban J connectivity index is 1.30. The number of nitrogens with one attached hydrogen (secondary N) is 1. The average molecular weight is 411 g/mol. The van der Waals surface area contributed by atoms with Crippen molar-refractivity contribution in [3.63, 3.8) is 0 Å². The number of halogens is 1. The van der Waals surface area contributed by atoms with Crippen molar-refractivity contribution in [1.82, 2.24) is 25.1 Å². The Bertz CT molecular complexity index is 1030. The molecule has 0 unspecified atom stereocenters. The number of hydrogen-bond acceptors (Lipinski definition) is 5. The standard InChI is InChI=1S/C21H23ClN6O/c22-16-5-3-15(4-6-16)21(10-1-2-11-21)20(29)24-17-9-12-27(13-17)19-8-7-18-25-23-14-28(18)26-19/h3-8,14,17H,1-2,9-13H2,(H,24,29)/t17-/m0/s1. The maximum absolute atomic E-state index is 13.4. The molecule has 7 nitrogen and oxygen atoms in total. The Hall–Kier alpha value is -2.67. The Morgan fingerprint density at radius 2 is 1.93 bits per heavy atom. The molecule has 1 atom stereocenters. The van der Waals surface area contributed by atoms with Gasteiger partial charge in [-0.1, -0.05) is 36.6 Å². The van der Waals surface area contributed by atoms with Gasteiger partial charge in [0.2, 0.25) is 5.91 Å². The van der Waals surface area contributed by atoms with E-state index in [1.807, 2.05) is 36.4 Å². The monoisotopic (exact) mass is 410 g/mol. The van der Waals surface area contributed by atoms with Crippen LogP contribution in [-0.2, 0) is 10.2 Å². The summed E-state index contributed by atoms with van der Waals surface area (Å²) in [5, 5.41) is 16.5. The molecule has 1 aliphatic carbocycles. The number of rotatable bonds is 4. The summed E-state index contributed by atoms with van der Waals surface area (Å²) in [7, 11) is 0. The van der Waals surface area contributed by atoms with Gasteiger partial charge in [-0.2, -0.15) is 4.52 Å². The molecule has 2 aliphatic rings. The highest BCUT2D eigenvalue weighted by Gasteiger charge is 2.43. The quantitative estimate of drug-likeness (QED) is 0.715. The van der Waals surface area contributed by atoms with Gasteiger partial charge in [0.25, 0.3) is 0 Å². The minimum Gasteiger partial charge on any atom is -0.353 e. The molecule has 1 saturated carbocycles. The maximum atomic E-state index is 13.4. The first-order valence-electron chi connectivity index (χ1n) is 10.1. The van der Waals surface area contributed by atoms with Crippen molar-refractivity contribution in [1.29, 1.82) is 0 Å². The molecule has 2 fully saturated rings. The highest BCUT2D eigenvalue weighted by atomic mass is 35.5. The van der Waals surface area contributed by atoms with Gasteiger partial charge in [-0.05, 0) is 49.1 Å². The van der Waals surface area contributed by atoms with Gasteiger partial charge >= 0.3 is 0 Å². The third-order valence-corrected chi connectivity index (χ3v) is 6.54. The van der Waals surface area contributed by atoms with E-state index in [0.29, 0.717) is 5.02 Å². The van der Waals surface area contributed by atoms with Gasteiger partial charge in [0.15, 0.2) is 5.65 Å². The van der Waals surface area contributed by atoms with Gasteiger partial charge in [-0.3, -0.25) is 4.79 Å². The fraction of sp³-hybridized carbons (Fsp3) is 0.429. The second-order valence-electron chi connectivity index (χ2n) is 8.03. The number of aromatic nitrogens is 4. The largest absolute Gasteiger partial charge is 0.353 e.